The fraction of sp³-hybridized carbons (Fsp3) is 0.462. The number of fused-ring (bicyclic) bond motifs is 1. The van der Waals surface area contributed by atoms with Crippen LogP contribution in [0.1, 0.15) is 26.7 Å². The van der Waals surface area contributed by atoms with Crippen LogP contribution in [0.2, 0.25) is 0 Å². The minimum absolute atomic E-state index is 0.154. The Morgan fingerprint density at radius 3 is 3.00 bits per heavy atom. The molecule has 86 valence electrons. The van der Waals surface area contributed by atoms with Crippen molar-refractivity contribution in [3.05, 3.63) is 34.1 Å². The topological polar surface area (TPSA) is 22.0 Å². The molecule has 0 N–H and O–H groups in total. The van der Waals surface area contributed by atoms with E-state index in [-0.39, 0.29) is 5.56 Å². The first-order chi connectivity index (χ1) is 7.72. The number of rotatable bonds is 4. The molecule has 3 heteroatoms. The summed E-state index contributed by atoms with van der Waals surface area (Å²) in [4.78, 5) is 12.1. The van der Waals surface area contributed by atoms with E-state index in [4.69, 9.17) is 0 Å². The minimum Gasteiger partial charge on any atom is -0.315 e. The van der Waals surface area contributed by atoms with Gasteiger partial charge in [0.1, 0.15) is 0 Å². The summed E-state index contributed by atoms with van der Waals surface area (Å²) in [6.45, 7) is 5.22. The molecule has 0 aliphatic carbocycles. The molecule has 0 aliphatic rings. The van der Waals surface area contributed by atoms with Gasteiger partial charge >= 0.3 is 0 Å². The average Bonchev–Trinajstić information content (AvgIpc) is 2.71. The fourth-order valence-corrected chi connectivity index (χ4v) is 2.84. The highest BCUT2D eigenvalue weighted by Crippen LogP contribution is 2.17. The molecule has 0 fully saturated rings. The van der Waals surface area contributed by atoms with Gasteiger partial charge in [-0.2, -0.15) is 0 Å². The van der Waals surface area contributed by atoms with Crippen LogP contribution in [0.5, 0.6) is 0 Å². The molecule has 0 saturated heterocycles. The first-order valence-electron chi connectivity index (χ1n) is 5.79. The minimum atomic E-state index is 0.154. The van der Waals surface area contributed by atoms with E-state index in [0.717, 1.165) is 16.6 Å². The van der Waals surface area contributed by atoms with Gasteiger partial charge in [-0.25, -0.2) is 0 Å². The van der Waals surface area contributed by atoms with E-state index in [9.17, 15) is 4.79 Å². The number of nitrogens with zero attached hydrogens (tertiary/aromatic N) is 1. The van der Waals surface area contributed by atoms with Gasteiger partial charge in [0, 0.05) is 17.4 Å². The summed E-state index contributed by atoms with van der Waals surface area (Å²) in [6.07, 6.45) is 4.28. The number of aromatic nitrogens is 1. The lowest BCUT2D eigenvalue weighted by atomic mass is 10.1. The van der Waals surface area contributed by atoms with Crippen molar-refractivity contribution in [1.29, 1.82) is 0 Å². The van der Waals surface area contributed by atoms with Crippen molar-refractivity contribution >= 4 is 21.4 Å². The van der Waals surface area contributed by atoms with Crippen molar-refractivity contribution in [3.63, 3.8) is 0 Å². The highest BCUT2D eigenvalue weighted by Gasteiger charge is 2.06. The van der Waals surface area contributed by atoms with Gasteiger partial charge in [-0.3, -0.25) is 4.79 Å². The lowest BCUT2D eigenvalue weighted by Gasteiger charge is -2.12. The van der Waals surface area contributed by atoms with Gasteiger partial charge in [-0.05, 0) is 29.9 Å². The lowest BCUT2D eigenvalue weighted by Crippen LogP contribution is -2.22. The van der Waals surface area contributed by atoms with Gasteiger partial charge in [0.05, 0.1) is 5.39 Å². The molecule has 2 rings (SSSR count). The van der Waals surface area contributed by atoms with Crippen LogP contribution in [-0.2, 0) is 6.54 Å². The summed E-state index contributed by atoms with van der Waals surface area (Å²) in [6, 6.07) is 3.96. The van der Waals surface area contributed by atoms with Crippen LogP contribution in [0.4, 0.5) is 0 Å². The predicted octanol–water partition coefficient (Wildman–Crippen LogP) is 3.50. The van der Waals surface area contributed by atoms with Gasteiger partial charge in [0.15, 0.2) is 0 Å². The van der Waals surface area contributed by atoms with Crippen molar-refractivity contribution in [3.8, 4) is 0 Å². The summed E-state index contributed by atoms with van der Waals surface area (Å²) in [7, 11) is 0. The van der Waals surface area contributed by atoms with Gasteiger partial charge in [0.25, 0.3) is 5.56 Å². The molecule has 2 aromatic heterocycles. The maximum Gasteiger partial charge on any atom is 0.259 e. The van der Waals surface area contributed by atoms with Crippen LogP contribution < -0.4 is 5.56 Å². The molecule has 0 aromatic carbocycles. The Morgan fingerprint density at radius 2 is 2.25 bits per heavy atom. The molecule has 0 bridgehead atoms. The summed E-state index contributed by atoms with van der Waals surface area (Å²) in [5.74, 6) is 0.568. The Bertz CT molecular complexity index is 526. The van der Waals surface area contributed by atoms with E-state index in [1.165, 1.54) is 12.8 Å². The quantitative estimate of drug-likeness (QED) is 0.795. The van der Waals surface area contributed by atoms with E-state index >= 15 is 0 Å². The third kappa shape index (κ3) is 2.19. The smallest absolute Gasteiger partial charge is 0.259 e. The summed E-state index contributed by atoms with van der Waals surface area (Å²) in [5.41, 5.74) is 0.154. The van der Waals surface area contributed by atoms with Gasteiger partial charge < -0.3 is 4.57 Å². The molecular formula is C13H17NOS. The molecule has 0 aliphatic heterocycles. The van der Waals surface area contributed by atoms with Gasteiger partial charge in [-0.1, -0.05) is 20.3 Å². The molecule has 16 heavy (non-hydrogen) atoms. The summed E-state index contributed by atoms with van der Waals surface area (Å²) < 4.78 is 2.93. The van der Waals surface area contributed by atoms with Crippen molar-refractivity contribution in [2.24, 2.45) is 5.92 Å². The van der Waals surface area contributed by atoms with Crippen LogP contribution >= 0.6 is 11.3 Å². The molecule has 0 saturated carbocycles. The Kier molecular flexibility index (Phi) is 3.44. The highest BCUT2D eigenvalue weighted by atomic mass is 32.1. The number of thiophene rings is 1. The predicted molar refractivity (Wildman–Crippen MR) is 70.2 cm³/mol. The Labute approximate surface area is 99.5 Å². The zero-order valence-electron chi connectivity index (χ0n) is 9.77. The van der Waals surface area contributed by atoms with Crippen LogP contribution in [-0.4, -0.2) is 4.57 Å². The molecule has 0 radical (unpaired) electrons. The Hall–Kier alpha value is -1.09. The molecule has 2 nitrogen and oxygen atoms in total. The number of hydrogen-bond donors (Lipinski definition) is 0. The monoisotopic (exact) mass is 235 g/mol. The van der Waals surface area contributed by atoms with Gasteiger partial charge in [-0.15, -0.1) is 11.3 Å². The summed E-state index contributed by atoms with van der Waals surface area (Å²) >= 11 is 1.63. The SMILES string of the molecule is CCCC(C)Cn1ccc2sccc2c1=O. The van der Waals surface area contributed by atoms with Crippen LogP contribution in [0.25, 0.3) is 10.1 Å². The largest absolute Gasteiger partial charge is 0.315 e. The van der Waals surface area contributed by atoms with E-state index < -0.39 is 0 Å². The molecule has 1 unspecified atom stereocenters. The molecule has 0 amide bonds. The molecular weight excluding hydrogens is 218 g/mol. The number of pyridine rings is 1. The van der Waals surface area contributed by atoms with E-state index in [1.807, 2.05) is 28.3 Å². The third-order valence-corrected chi connectivity index (χ3v) is 3.76. The zero-order chi connectivity index (χ0) is 11.5. The third-order valence-electron chi connectivity index (χ3n) is 2.88. The van der Waals surface area contributed by atoms with E-state index in [2.05, 4.69) is 13.8 Å². The fourth-order valence-electron chi connectivity index (χ4n) is 2.07. The summed E-state index contributed by atoms with van der Waals surface area (Å²) in [5, 5.41) is 2.84. The van der Waals surface area contributed by atoms with Crippen molar-refractivity contribution in [1.82, 2.24) is 4.57 Å². The zero-order valence-corrected chi connectivity index (χ0v) is 10.6. The lowest BCUT2D eigenvalue weighted by molar-refractivity contribution is 0.440. The highest BCUT2D eigenvalue weighted by molar-refractivity contribution is 7.17. The molecule has 2 heterocycles. The Morgan fingerprint density at radius 1 is 1.44 bits per heavy atom. The average molecular weight is 235 g/mol. The van der Waals surface area contributed by atoms with Crippen LogP contribution in [0, 0.1) is 5.92 Å². The maximum absolute atomic E-state index is 12.1. The Balaban J connectivity index is 2.31. The molecule has 1 atom stereocenters. The van der Waals surface area contributed by atoms with Crippen LogP contribution in [0.15, 0.2) is 28.5 Å². The first kappa shape index (κ1) is 11.4. The van der Waals surface area contributed by atoms with Gasteiger partial charge in [0.2, 0.25) is 0 Å². The van der Waals surface area contributed by atoms with E-state index in [1.54, 1.807) is 11.3 Å². The second-order valence-corrected chi connectivity index (χ2v) is 5.31. The number of hydrogen-bond acceptors (Lipinski definition) is 2. The van der Waals surface area contributed by atoms with Crippen LogP contribution in [0.3, 0.4) is 0 Å². The molecule has 0 spiro atoms. The standard InChI is InChI=1S/C13H17NOS/c1-3-4-10(2)9-14-7-5-12-11(13(14)15)6-8-16-12/h5-8,10H,3-4,9H2,1-2H3. The maximum atomic E-state index is 12.1. The van der Waals surface area contributed by atoms with Crippen molar-refractivity contribution < 1.29 is 0 Å². The van der Waals surface area contributed by atoms with Crippen molar-refractivity contribution in [2.45, 2.75) is 33.2 Å². The van der Waals surface area contributed by atoms with Crippen molar-refractivity contribution in [2.75, 3.05) is 0 Å². The second-order valence-electron chi connectivity index (χ2n) is 4.37. The second kappa shape index (κ2) is 4.83. The first-order valence-corrected chi connectivity index (χ1v) is 6.67. The molecule has 2 aromatic rings. The normalized spacial score (nSPS) is 13.1. The van der Waals surface area contributed by atoms with E-state index in [0.29, 0.717) is 5.92 Å².